The number of carbonyl (C=O) groups is 1. The first-order chi connectivity index (χ1) is 11.8. The number of amides is 1. The number of carbonyl (C=O) groups excluding carboxylic acids is 1. The Morgan fingerprint density at radius 1 is 1.20 bits per heavy atom. The van der Waals surface area contributed by atoms with Crippen molar-refractivity contribution < 1.29 is 9.53 Å². The van der Waals surface area contributed by atoms with E-state index in [-0.39, 0.29) is 17.9 Å². The Balaban J connectivity index is 1.94. The third-order valence-corrected chi connectivity index (χ3v) is 3.83. The van der Waals surface area contributed by atoms with Gasteiger partial charge >= 0.3 is 0 Å². The number of hydrazone groups is 1. The monoisotopic (exact) mass is 358 g/mol. The van der Waals surface area contributed by atoms with E-state index in [2.05, 4.69) is 31.3 Å². The zero-order valence-corrected chi connectivity index (χ0v) is 15.7. The molecule has 2 rings (SSSR count). The molecule has 0 aliphatic carbocycles. The van der Waals surface area contributed by atoms with Crippen molar-refractivity contribution in [1.82, 2.24) is 5.43 Å². The van der Waals surface area contributed by atoms with E-state index in [1.807, 2.05) is 37.3 Å². The second-order valence-corrected chi connectivity index (χ2v) is 7.32. The first-order valence-corrected chi connectivity index (χ1v) is 8.45. The summed E-state index contributed by atoms with van der Waals surface area (Å²) in [7, 11) is 0. The molecule has 2 aromatic carbocycles. The van der Waals surface area contributed by atoms with Gasteiger partial charge < -0.3 is 4.74 Å². The zero-order valence-electron chi connectivity index (χ0n) is 15.0. The van der Waals surface area contributed by atoms with E-state index in [1.165, 1.54) is 0 Å². The molecule has 25 heavy (non-hydrogen) atoms. The van der Waals surface area contributed by atoms with Crippen molar-refractivity contribution >= 4 is 23.7 Å². The van der Waals surface area contributed by atoms with E-state index in [0.29, 0.717) is 5.02 Å². The maximum atomic E-state index is 11.9. The van der Waals surface area contributed by atoms with Crippen molar-refractivity contribution in [2.75, 3.05) is 6.61 Å². The lowest BCUT2D eigenvalue weighted by molar-refractivity contribution is -0.123. The van der Waals surface area contributed by atoms with Crippen LogP contribution in [0.25, 0.3) is 0 Å². The third-order valence-electron chi connectivity index (χ3n) is 3.58. The molecule has 0 aromatic heterocycles. The first-order valence-electron chi connectivity index (χ1n) is 8.07. The van der Waals surface area contributed by atoms with Crippen LogP contribution in [0.4, 0.5) is 0 Å². The summed E-state index contributed by atoms with van der Waals surface area (Å²) in [6.45, 7) is 8.24. The molecule has 0 aliphatic heterocycles. The van der Waals surface area contributed by atoms with Gasteiger partial charge in [-0.05, 0) is 47.2 Å². The van der Waals surface area contributed by atoms with E-state index in [1.54, 1.807) is 18.3 Å². The number of ether oxygens (including phenoxy) is 1. The summed E-state index contributed by atoms with van der Waals surface area (Å²) in [6.07, 6.45) is 1.56. The highest BCUT2D eigenvalue weighted by atomic mass is 35.5. The van der Waals surface area contributed by atoms with Crippen molar-refractivity contribution in [3.8, 4) is 5.75 Å². The Bertz CT molecular complexity index is 762. The molecular weight excluding hydrogens is 336 g/mol. The molecular formula is C20H23ClN2O2. The Morgan fingerprint density at radius 3 is 2.52 bits per heavy atom. The number of hydrogen-bond donors (Lipinski definition) is 1. The lowest BCUT2D eigenvalue weighted by Crippen LogP contribution is -2.25. The number of halogens is 1. The zero-order chi connectivity index (χ0) is 18.4. The highest BCUT2D eigenvalue weighted by Crippen LogP contribution is 2.31. The topological polar surface area (TPSA) is 50.7 Å². The molecule has 0 bridgehead atoms. The van der Waals surface area contributed by atoms with Gasteiger partial charge in [0.05, 0.1) is 6.21 Å². The summed E-state index contributed by atoms with van der Waals surface area (Å²) >= 11 is 5.82. The van der Waals surface area contributed by atoms with Crippen LogP contribution in [0.2, 0.25) is 5.02 Å². The molecule has 0 radical (unpaired) electrons. The first kappa shape index (κ1) is 19.0. The van der Waals surface area contributed by atoms with Crippen LogP contribution in [0, 0.1) is 6.92 Å². The van der Waals surface area contributed by atoms with E-state index in [9.17, 15) is 4.79 Å². The molecule has 1 amide bonds. The van der Waals surface area contributed by atoms with Gasteiger partial charge in [0.25, 0.3) is 5.91 Å². The smallest absolute Gasteiger partial charge is 0.277 e. The molecule has 5 heteroatoms. The molecule has 0 spiro atoms. The highest BCUT2D eigenvalue weighted by Gasteiger charge is 2.19. The van der Waals surface area contributed by atoms with Gasteiger partial charge in [0.15, 0.2) is 6.61 Å². The van der Waals surface area contributed by atoms with Gasteiger partial charge in [0.1, 0.15) is 5.75 Å². The number of nitrogens with zero attached hydrogens (tertiary/aromatic N) is 1. The van der Waals surface area contributed by atoms with Crippen molar-refractivity contribution in [2.45, 2.75) is 33.1 Å². The van der Waals surface area contributed by atoms with Gasteiger partial charge in [0, 0.05) is 5.02 Å². The fourth-order valence-corrected chi connectivity index (χ4v) is 2.40. The molecule has 0 unspecified atom stereocenters. The third kappa shape index (κ3) is 5.91. The molecule has 2 aromatic rings. The van der Waals surface area contributed by atoms with Crippen molar-refractivity contribution in [3.63, 3.8) is 0 Å². The molecule has 4 nitrogen and oxygen atoms in total. The predicted octanol–water partition coefficient (Wildman–Crippen LogP) is 4.48. The minimum Gasteiger partial charge on any atom is -0.483 e. The molecule has 0 saturated heterocycles. The van der Waals surface area contributed by atoms with E-state index in [4.69, 9.17) is 16.3 Å². The van der Waals surface area contributed by atoms with Gasteiger partial charge in [0.2, 0.25) is 0 Å². The lowest BCUT2D eigenvalue weighted by Gasteiger charge is -2.23. The number of hydrogen-bond acceptors (Lipinski definition) is 3. The summed E-state index contributed by atoms with van der Waals surface area (Å²) in [5.74, 6) is 0.413. The summed E-state index contributed by atoms with van der Waals surface area (Å²) in [5.41, 5.74) is 5.40. The quantitative estimate of drug-likeness (QED) is 0.633. The summed E-state index contributed by atoms with van der Waals surface area (Å²) < 4.78 is 5.72. The van der Waals surface area contributed by atoms with E-state index in [0.717, 1.165) is 22.4 Å². The Kier molecular flexibility index (Phi) is 6.21. The largest absolute Gasteiger partial charge is 0.483 e. The van der Waals surface area contributed by atoms with Gasteiger partial charge in [-0.15, -0.1) is 0 Å². The van der Waals surface area contributed by atoms with Gasteiger partial charge in [-0.25, -0.2) is 5.43 Å². The second kappa shape index (κ2) is 8.17. The second-order valence-electron chi connectivity index (χ2n) is 6.88. The maximum absolute atomic E-state index is 11.9. The minimum absolute atomic E-state index is 0.0632. The molecule has 0 heterocycles. The van der Waals surface area contributed by atoms with Gasteiger partial charge in [-0.1, -0.05) is 56.6 Å². The van der Waals surface area contributed by atoms with Crippen LogP contribution in [-0.2, 0) is 10.2 Å². The van der Waals surface area contributed by atoms with E-state index < -0.39 is 0 Å². The Morgan fingerprint density at radius 2 is 1.88 bits per heavy atom. The predicted molar refractivity (Wildman–Crippen MR) is 103 cm³/mol. The number of nitrogens with one attached hydrogen (secondary N) is 1. The average molecular weight is 359 g/mol. The molecule has 0 saturated carbocycles. The van der Waals surface area contributed by atoms with Crippen LogP contribution < -0.4 is 10.2 Å². The summed E-state index contributed by atoms with van der Waals surface area (Å²) in [4.78, 5) is 11.9. The van der Waals surface area contributed by atoms with Crippen LogP contribution in [0.15, 0.2) is 47.6 Å². The molecule has 0 fully saturated rings. The highest BCUT2D eigenvalue weighted by molar-refractivity contribution is 6.30. The van der Waals surface area contributed by atoms with Gasteiger partial charge in [-0.3, -0.25) is 4.79 Å². The average Bonchev–Trinajstić information content (AvgIpc) is 2.54. The van der Waals surface area contributed by atoms with Crippen LogP contribution in [-0.4, -0.2) is 18.7 Å². The SMILES string of the molecule is Cc1ccc(C(C)(C)C)c(OCC(=O)N/N=C\c2ccc(Cl)cc2)c1. The standard InChI is InChI=1S/C20H23ClN2O2/c1-14-5-10-17(20(2,3)4)18(11-14)25-13-19(24)23-22-12-15-6-8-16(21)9-7-15/h5-12H,13H2,1-4H3,(H,23,24)/b22-12-. The Labute approximate surface area is 153 Å². The number of rotatable bonds is 5. The summed E-state index contributed by atoms with van der Waals surface area (Å²) in [5, 5.41) is 4.58. The number of aryl methyl sites for hydroxylation is 1. The summed E-state index contributed by atoms with van der Waals surface area (Å²) in [6, 6.07) is 13.2. The van der Waals surface area contributed by atoms with Crippen LogP contribution in [0.5, 0.6) is 5.75 Å². The molecule has 0 atom stereocenters. The van der Waals surface area contributed by atoms with Crippen LogP contribution >= 0.6 is 11.6 Å². The lowest BCUT2D eigenvalue weighted by atomic mass is 9.86. The molecule has 0 aliphatic rings. The molecule has 132 valence electrons. The van der Waals surface area contributed by atoms with Crippen molar-refractivity contribution in [2.24, 2.45) is 5.10 Å². The number of benzene rings is 2. The van der Waals surface area contributed by atoms with Crippen molar-refractivity contribution in [3.05, 3.63) is 64.2 Å². The van der Waals surface area contributed by atoms with Crippen LogP contribution in [0.3, 0.4) is 0 Å². The molecule has 1 N–H and O–H groups in total. The fourth-order valence-electron chi connectivity index (χ4n) is 2.27. The maximum Gasteiger partial charge on any atom is 0.277 e. The van der Waals surface area contributed by atoms with E-state index >= 15 is 0 Å². The minimum atomic E-state index is -0.313. The fraction of sp³-hybridized carbons (Fsp3) is 0.300. The van der Waals surface area contributed by atoms with Crippen LogP contribution in [0.1, 0.15) is 37.5 Å². The normalized spacial score (nSPS) is 11.6. The Hall–Kier alpha value is -2.33. The van der Waals surface area contributed by atoms with Crippen molar-refractivity contribution in [1.29, 1.82) is 0 Å². The van der Waals surface area contributed by atoms with Gasteiger partial charge in [-0.2, -0.15) is 5.10 Å².